The number of carbonyl (C=O) groups excluding carboxylic acids is 4. The summed E-state index contributed by atoms with van der Waals surface area (Å²) >= 11 is 0. The van der Waals surface area contributed by atoms with Gasteiger partial charge >= 0.3 is 12.0 Å². The minimum Gasteiger partial charge on any atom is -0.494 e. The van der Waals surface area contributed by atoms with E-state index in [1.807, 2.05) is 6.92 Å². The molecular weight excluding hydrogens is 366 g/mol. The first-order valence-electron chi connectivity index (χ1n) is 9.07. The van der Waals surface area contributed by atoms with Crippen molar-refractivity contribution in [2.75, 3.05) is 18.5 Å². The first-order chi connectivity index (χ1) is 13.2. The molecule has 4 amide bonds. The van der Waals surface area contributed by atoms with E-state index in [9.17, 15) is 19.2 Å². The first-order valence-corrected chi connectivity index (χ1v) is 9.07. The molecule has 0 radical (unpaired) electrons. The average molecular weight is 391 g/mol. The molecule has 0 bridgehead atoms. The van der Waals surface area contributed by atoms with Crippen molar-refractivity contribution in [3.05, 3.63) is 24.3 Å². The highest BCUT2D eigenvalue weighted by Crippen LogP contribution is 2.21. The van der Waals surface area contributed by atoms with E-state index in [1.165, 1.54) is 6.92 Å². The topological polar surface area (TPSA) is 114 Å². The lowest BCUT2D eigenvalue weighted by Crippen LogP contribution is -2.44. The summed E-state index contributed by atoms with van der Waals surface area (Å²) in [6, 6.07) is 6.08. The number of ether oxygens (including phenoxy) is 2. The number of imide groups is 1. The number of anilines is 1. The molecule has 0 aromatic heterocycles. The van der Waals surface area contributed by atoms with Crippen LogP contribution in [0.1, 0.15) is 34.1 Å². The Hall–Kier alpha value is -3.10. The molecule has 1 aliphatic heterocycles. The van der Waals surface area contributed by atoms with E-state index in [-0.39, 0.29) is 0 Å². The Morgan fingerprint density at radius 2 is 1.86 bits per heavy atom. The van der Waals surface area contributed by atoms with E-state index in [0.717, 1.165) is 4.90 Å². The van der Waals surface area contributed by atoms with Crippen LogP contribution >= 0.6 is 0 Å². The van der Waals surface area contributed by atoms with Crippen molar-refractivity contribution in [3.8, 4) is 5.75 Å². The second kappa shape index (κ2) is 8.73. The lowest BCUT2D eigenvalue weighted by atomic mass is 9.99. The van der Waals surface area contributed by atoms with Crippen LogP contribution in [0.15, 0.2) is 24.3 Å². The highest BCUT2D eigenvalue weighted by Gasteiger charge is 2.47. The van der Waals surface area contributed by atoms with Crippen molar-refractivity contribution < 1.29 is 28.7 Å². The Labute approximate surface area is 163 Å². The molecule has 1 aromatic carbocycles. The minimum absolute atomic E-state index is 0.393. The van der Waals surface area contributed by atoms with Gasteiger partial charge in [-0.2, -0.15) is 0 Å². The van der Waals surface area contributed by atoms with E-state index < -0.39 is 42.0 Å². The van der Waals surface area contributed by atoms with Crippen molar-refractivity contribution in [1.82, 2.24) is 10.2 Å². The van der Waals surface area contributed by atoms with Crippen LogP contribution in [0.4, 0.5) is 10.5 Å². The number of amides is 4. The molecule has 2 rings (SSSR count). The summed E-state index contributed by atoms with van der Waals surface area (Å²) in [6.45, 7) is 6.60. The summed E-state index contributed by atoms with van der Waals surface area (Å²) in [5.74, 6) is -1.21. The van der Waals surface area contributed by atoms with E-state index in [2.05, 4.69) is 10.6 Å². The second-order valence-corrected chi connectivity index (χ2v) is 6.59. The Morgan fingerprint density at radius 1 is 1.21 bits per heavy atom. The zero-order chi connectivity index (χ0) is 20.9. The Morgan fingerprint density at radius 3 is 2.39 bits per heavy atom. The predicted octanol–water partition coefficient (Wildman–Crippen LogP) is 1.68. The normalized spacial score (nSPS) is 19.8. The fourth-order valence-corrected chi connectivity index (χ4v) is 2.59. The lowest BCUT2D eigenvalue weighted by molar-refractivity contribution is -0.155. The average Bonchev–Trinajstić information content (AvgIpc) is 2.87. The van der Waals surface area contributed by atoms with Crippen LogP contribution in [0, 0.1) is 0 Å². The fraction of sp³-hybridized carbons (Fsp3) is 0.474. The molecule has 0 saturated carbocycles. The summed E-state index contributed by atoms with van der Waals surface area (Å²) in [7, 11) is 0. The number of benzene rings is 1. The van der Waals surface area contributed by atoms with Crippen molar-refractivity contribution in [3.63, 3.8) is 0 Å². The molecule has 1 saturated heterocycles. The van der Waals surface area contributed by atoms with Gasteiger partial charge in [0.1, 0.15) is 17.8 Å². The van der Waals surface area contributed by atoms with E-state index >= 15 is 0 Å². The minimum atomic E-state index is -1.10. The van der Waals surface area contributed by atoms with Crippen LogP contribution < -0.4 is 15.4 Å². The molecule has 2 atom stereocenters. The summed E-state index contributed by atoms with van der Waals surface area (Å²) < 4.78 is 10.4. The second-order valence-electron chi connectivity index (χ2n) is 6.59. The molecule has 9 nitrogen and oxygen atoms in total. The van der Waals surface area contributed by atoms with Gasteiger partial charge in [0.2, 0.25) is 0 Å². The standard InChI is InChI=1S/C19H25N3O6/c1-5-19(4)17(25)22(18(26)21-19)11-15(23)28-12(3)16(24)20-13-7-9-14(10-8-13)27-6-2/h7-10,12H,5-6,11H2,1-4H3,(H,20,24)(H,21,26)/t12-,19-/m0/s1. The highest BCUT2D eigenvalue weighted by atomic mass is 16.5. The van der Waals surface area contributed by atoms with Gasteiger partial charge in [0.05, 0.1) is 6.61 Å². The lowest BCUT2D eigenvalue weighted by Gasteiger charge is -2.19. The molecular formula is C19H25N3O6. The Bertz CT molecular complexity index is 763. The molecule has 28 heavy (non-hydrogen) atoms. The number of nitrogens with zero attached hydrogens (tertiary/aromatic N) is 1. The third-order valence-electron chi connectivity index (χ3n) is 4.45. The van der Waals surface area contributed by atoms with Crippen LogP contribution in [0.25, 0.3) is 0 Å². The Kier molecular flexibility index (Phi) is 6.61. The van der Waals surface area contributed by atoms with Crippen molar-refractivity contribution in [2.24, 2.45) is 0 Å². The number of hydrogen-bond acceptors (Lipinski definition) is 6. The smallest absolute Gasteiger partial charge is 0.327 e. The number of nitrogens with one attached hydrogen (secondary N) is 2. The SMILES string of the molecule is CCOc1ccc(NC(=O)[C@H](C)OC(=O)CN2C(=O)N[C@@](C)(CC)C2=O)cc1. The maximum absolute atomic E-state index is 12.3. The summed E-state index contributed by atoms with van der Waals surface area (Å²) in [6.07, 6.45) is -0.707. The third-order valence-corrected chi connectivity index (χ3v) is 4.45. The van der Waals surface area contributed by atoms with Gasteiger partial charge in [-0.3, -0.25) is 19.3 Å². The molecule has 1 aromatic rings. The molecule has 1 fully saturated rings. The summed E-state index contributed by atoms with van der Waals surface area (Å²) in [4.78, 5) is 49.3. The van der Waals surface area contributed by atoms with Gasteiger partial charge in [-0.05, 0) is 51.5 Å². The molecule has 152 valence electrons. The van der Waals surface area contributed by atoms with Gasteiger partial charge in [0.15, 0.2) is 6.10 Å². The maximum atomic E-state index is 12.3. The maximum Gasteiger partial charge on any atom is 0.327 e. The van der Waals surface area contributed by atoms with Gasteiger partial charge in [-0.15, -0.1) is 0 Å². The van der Waals surface area contributed by atoms with Gasteiger partial charge in [0.25, 0.3) is 11.8 Å². The van der Waals surface area contributed by atoms with Crippen molar-refractivity contribution in [1.29, 1.82) is 0 Å². The number of rotatable bonds is 8. The van der Waals surface area contributed by atoms with Gasteiger partial charge in [0, 0.05) is 5.69 Å². The van der Waals surface area contributed by atoms with Gasteiger partial charge < -0.3 is 20.1 Å². The molecule has 0 spiro atoms. The quantitative estimate of drug-likeness (QED) is 0.515. The van der Waals surface area contributed by atoms with Crippen LogP contribution in [-0.2, 0) is 19.1 Å². The molecule has 9 heteroatoms. The van der Waals surface area contributed by atoms with Gasteiger partial charge in [-0.1, -0.05) is 6.92 Å². The Balaban J connectivity index is 1.88. The van der Waals surface area contributed by atoms with Crippen LogP contribution in [0.3, 0.4) is 0 Å². The molecule has 0 aliphatic carbocycles. The zero-order valence-corrected chi connectivity index (χ0v) is 16.4. The predicted molar refractivity (Wildman–Crippen MR) is 101 cm³/mol. The molecule has 1 aliphatic rings. The zero-order valence-electron chi connectivity index (χ0n) is 16.4. The summed E-state index contributed by atoms with van der Waals surface area (Å²) in [5.41, 5.74) is -0.516. The van der Waals surface area contributed by atoms with Crippen LogP contribution in [0.5, 0.6) is 5.75 Å². The highest BCUT2D eigenvalue weighted by molar-refractivity contribution is 6.08. The molecule has 0 unspecified atom stereocenters. The summed E-state index contributed by atoms with van der Waals surface area (Å²) in [5, 5.41) is 5.17. The van der Waals surface area contributed by atoms with Crippen molar-refractivity contribution in [2.45, 2.75) is 45.8 Å². The van der Waals surface area contributed by atoms with Crippen LogP contribution in [0.2, 0.25) is 0 Å². The number of carbonyl (C=O) groups is 4. The number of urea groups is 1. The fourth-order valence-electron chi connectivity index (χ4n) is 2.59. The monoisotopic (exact) mass is 391 g/mol. The van der Waals surface area contributed by atoms with Gasteiger partial charge in [-0.25, -0.2) is 4.79 Å². The van der Waals surface area contributed by atoms with E-state index in [1.54, 1.807) is 38.1 Å². The molecule has 2 N–H and O–H groups in total. The third kappa shape index (κ3) is 4.79. The number of hydrogen-bond donors (Lipinski definition) is 2. The number of esters is 1. The van der Waals surface area contributed by atoms with Crippen molar-refractivity contribution >= 4 is 29.5 Å². The van der Waals surface area contributed by atoms with Crippen LogP contribution in [-0.4, -0.2) is 53.5 Å². The van der Waals surface area contributed by atoms with E-state index in [4.69, 9.17) is 9.47 Å². The first kappa shape index (κ1) is 21.2. The molecule has 1 heterocycles. The largest absolute Gasteiger partial charge is 0.494 e. The van der Waals surface area contributed by atoms with E-state index in [0.29, 0.717) is 24.5 Å².